The Balaban J connectivity index is 2.36. The summed E-state index contributed by atoms with van der Waals surface area (Å²) in [7, 11) is 0. The maximum Gasteiger partial charge on any atom is 0.0723 e. The minimum absolute atomic E-state index is 0.427. The van der Waals surface area contributed by atoms with Crippen molar-refractivity contribution >= 4 is 0 Å². The van der Waals surface area contributed by atoms with Crippen LogP contribution in [0.3, 0.4) is 0 Å². The molecule has 0 amide bonds. The molecule has 1 fully saturated rings. The average molecular weight is 143 g/mol. The summed E-state index contributed by atoms with van der Waals surface area (Å²) in [6, 6.07) is 1.05. The van der Waals surface area contributed by atoms with Crippen molar-refractivity contribution in [2.75, 3.05) is 6.61 Å². The van der Waals surface area contributed by atoms with Gasteiger partial charge in [0.25, 0.3) is 0 Å². The maximum absolute atomic E-state index is 5.59. The SMILES string of the molecule is CCC1OCC(C)NC1C. The zero-order valence-corrected chi connectivity index (χ0v) is 7.05. The largest absolute Gasteiger partial charge is 0.375 e. The van der Waals surface area contributed by atoms with Crippen LogP contribution in [0.25, 0.3) is 0 Å². The van der Waals surface area contributed by atoms with Crippen LogP contribution in [-0.2, 0) is 4.74 Å². The summed E-state index contributed by atoms with van der Waals surface area (Å²) < 4.78 is 5.59. The second-order valence-electron chi connectivity index (χ2n) is 3.14. The lowest BCUT2D eigenvalue weighted by molar-refractivity contribution is -0.0204. The standard InChI is InChI=1S/C8H17NO/c1-4-8-7(3)9-6(2)5-10-8/h6-9H,4-5H2,1-3H3. The van der Waals surface area contributed by atoms with Gasteiger partial charge < -0.3 is 10.1 Å². The van der Waals surface area contributed by atoms with Gasteiger partial charge in [0.05, 0.1) is 12.7 Å². The number of nitrogens with one attached hydrogen (secondary N) is 1. The molecule has 0 saturated carbocycles. The fourth-order valence-corrected chi connectivity index (χ4v) is 1.49. The number of hydrogen-bond donors (Lipinski definition) is 1. The van der Waals surface area contributed by atoms with E-state index in [2.05, 4.69) is 26.1 Å². The van der Waals surface area contributed by atoms with Gasteiger partial charge in [-0.25, -0.2) is 0 Å². The third kappa shape index (κ3) is 1.70. The Bertz CT molecular complexity index is 105. The van der Waals surface area contributed by atoms with Crippen LogP contribution >= 0.6 is 0 Å². The lowest BCUT2D eigenvalue weighted by Gasteiger charge is -2.33. The van der Waals surface area contributed by atoms with Gasteiger partial charge in [-0.2, -0.15) is 0 Å². The van der Waals surface area contributed by atoms with Crippen molar-refractivity contribution < 1.29 is 4.74 Å². The van der Waals surface area contributed by atoms with Gasteiger partial charge in [-0.3, -0.25) is 0 Å². The molecule has 0 aliphatic carbocycles. The molecule has 0 aromatic rings. The highest BCUT2D eigenvalue weighted by atomic mass is 16.5. The van der Waals surface area contributed by atoms with Crippen LogP contribution in [0.1, 0.15) is 27.2 Å². The molecule has 0 spiro atoms. The number of hydrogen-bond acceptors (Lipinski definition) is 2. The molecule has 1 rings (SSSR count). The lowest BCUT2D eigenvalue weighted by Crippen LogP contribution is -2.51. The third-order valence-corrected chi connectivity index (χ3v) is 2.07. The fraction of sp³-hybridized carbons (Fsp3) is 1.00. The molecule has 2 heteroatoms. The lowest BCUT2D eigenvalue weighted by atomic mass is 10.1. The van der Waals surface area contributed by atoms with E-state index in [1.165, 1.54) is 0 Å². The smallest absolute Gasteiger partial charge is 0.0723 e. The Kier molecular flexibility index (Phi) is 2.69. The van der Waals surface area contributed by atoms with Crippen LogP contribution in [0, 0.1) is 0 Å². The first-order valence-corrected chi connectivity index (χ1v) is 4.11. The molecule has 3 atom stereocenters. The van der Waals surface area contributed by atoms with Gasteiger partial charge in [-0.15, -0.1) is 0 Å². The van der Waals surface area contributed by atoms with Crippen LogP contribution in [0.5, 0.6) is 0 Å². The molecule has 0 bridgehead atoms. The molecule has 1 aliphatic heterocycles. The number of rotatable bonds is 1. The molecule has 10 heavy (non-hydrogen) atoms. The molecule has 0 aromatic carbocycles. The van der Waals surface area contributed by atoms with E-state index in [0.717, 1.165) is 13.0 Å². The van der Waals surface area contributed by atoms with Gasteiger partial charge in [0.2, 0.25) is 0 Å². The van der Waals surface area contributed by atoms with Crippen LogP contribution in [-0.4, -0.2) is 24.8 Å². The van der Waals surface area contributed by atoms with Crippen molar-refractivity contribution in [1.29, 1.82) is 0 Å². The molecule has 1 N–H and O–H groups in total. The van der Waals surface area contributed by atoms with E-state index < -0.39 is 0 Å². The fourth-order valence-electron chi connectivity index (χ4n) is 1.49. The minimum atomic E-state index is 0.427. The van der Waals surface area contributed by atoms with Gasteiger partial charge >= 0.3 is 0 Å². The van der Waals surface area contributed by atoms with E-state index in [-0.39, 0.29) is 0 Å². The quantitative estimate of drug-likeness (QED) is 0.594. The number of ether oxygens (including phenoxy) is 1. The molecular formula is C8H17NO. The summed E-state index contributed by atoms with van der Waals surface area (Å²) in [5.41, 5.74) is 0. The Morgan fingerprint density at radius 3 is 2.70 bits per heavy atom. The molecule has 60 valence electrons. The zero-order chi connectivity index (χ0) is 7.56. The first-order chi connectivity index (χ1) is 4.74. The Hall–Kier alpha value is -0.0800. The molecule has 1 saturated heterocycles. The van der Waals surface area contributed by atoms with Gasteiger partial charge in [-0.05, 0) is 20.3 Å². The molecule has 2 nitrogen and oxygen atoms in total. The summed E-state index contributed by atoms with van der Waals surface area (Å²) in [6.45, 7) is 7.37. The van der Waals surface area contributed by atoms with Crippen LogP contribution in [0.15, 0.2) is 0 Å². The molecule has 1 aliphatic rings. The minimum Gasteiger partial charge on any atom is -0.375 e. The summed E-state index contributed by atoms with van der Waals surface area (Å²) in [6.07, 6.45) is 1.54. The van der Waals surface area contributed by atoms with Crippen molar-refractivity contribution in [3.05, 3.63) is 0 Å². The predicted molar refractivity (Wildman–Crippen MR) is 42.1 cm³/mol. The molecule has 0 radical (unpaired) electrons. The van der Waals surface area contributed by atoms with Crippen molar-refractivity contribution in [2.24, 2.45) is 0 Å². The highest BCUT2D eigenvalue weighted by molar-refractivity contribution is 4.79. The van der Waals surface area contributed by atoms with Gasteiger partial charge in [0, 0.05) is 12.1 Å². The predicted octanol–water partition coefficient (Wildman–Crippen LogP) is 1.16. The summed E-state index contributed by atoms with van der Waals surface area (Å²) in [5.74, 6) is 0. The van der Waals surface area contributed by atoms with Crippen molar-refractivity contribution in [3.63, 3.8) is 0 Å². The molecule has 1 heterocycles. The van der Waals surface area contributed by atoms with Crippen molar-refractivity contribution in [2.45, 2.75) is 45.4 Å². The Morgan fingerprint density at radius 2 is 2.20 bits per heavy atom. The van der Waals surface area contributed by atoms with E-state index in [0.29, 0.717) is 18.2 Å². The summed E-state index contributed by atoms with van der Waals surface area (Å²) >= 11 is 0. The van der Waals surface area contributed by atoms with E-state index in [1.807, 2.05) is 0 Å². The molecule has 3 unspecified atom stereocenters. The van der Waals surface area contributed by atoms with E-state index in [9.17, 15) is 0 Å². The van der Waals surface area contributed by atoms with E-state index >= 15 is 0 Å². The topological polar surface area (TPSA) is 21.3 Å². The normalized spacial score (nSPS) is 41.7. The van der Waals surface area contributed by atoms with Crippen molar-refractivity contribution in [3.8, 4) is 0 Å². The monoisotopic (exact) mass is 143 g/mol. The van der Waals surface area contributed by atoms with Gasteiger partial charge in [0.15, 0.2) is 0 Å². The van der Waals surface area contributed by atoms with Gasteiger partial charge in [-0.1, -0.05) is 6.92 Å². The first-order valence-electron chi connectivity index (χ1n) is 4.11. The second kappa shape index (κ2) is 3.35. The Morgan fingerprint density at radius 1 is 1.50 bits per heavy atom. The summed E-state index contributed by atoms with van der Waals surface area (Å²) in [4.78, 5) is 0. The molecule has 0 aromatic heterocycles. The molecular weight excluding hydrogens is 126 g/mol. The number of morpholine rings is 1. The maximum atomic E-state index is 5.59. The first kappa shape index (κ1) is 8.02. The van der Waals surface area contributed by atoms with Crippen LogP contribution in [0.4, 0.5) is 0 Å². The van der Waals surface area contributed by atoms with E-state index in [4.69, 9.17) is 4.74 Å². The van der Waals surface area contributed by atoms with Crippen LogP contribution in [0.2, 0.25) is 0 Å². The average Bonchev–Trinajstić information content (AvgIpc) is 1.88. The van der Waals surface area contributed by atoms with Crippen LogP contribution < -0.4 is 5.32 Å². The van der Waals surface area contributed by atoms with Crippen molar-refractivity contribution in [1.82, 2.24) is 5.32 Å². The third-order valence-electron chi connectivity index (χ3n) is 2.07. The zero-order valence-electron chi connectivity index (χ0n) is 7.05. The van der Waals surface area contributed by atoms with E-state index in [1.54, 1.807) is 0 Å². The van der Waals surface area contributed by atoms with Gasteiger partial charge in [0.1, 0.15) is 0 Å². The highest BCUT2D eigenvalue weighted by Gasteiger charge is 2.23. The highest BCUT2D eigenvalue weighted by Crippen LogP contribution is 2.10. The summed E-state index contributed by atoms with van der Waals surface area (Å²) in [5, 5.41) is 3.46. The second-order valence-corrected chi connectivity index (χ2v) is 3.14. The Labute approximate surface area is 63.0 Å².